The van der Waals surface area contributed by atoms with Gasteiger partial charge in [-0.15, -0.1) is 0 Å². The molecule has 1 aromatic heterocycles. The Hall–Kier alpha value is -0.845. The average Bonchev–Trinajstić information content (AvgIpc) is 2.87. The van der Waals surface area contributed by atoms with E-state index < -0.39 is 0 Å². The van der Waals surface area contributed by atoms with Crippen molar-refractivity contribution in [2.75, 3.05) is 6.61 Å². The van der Waals surface area contributed by atoms with E-state index in [9.17, 15) is 0 Å². The number of nitrogens with zero attached hydrogens (tertiary/aromatic N) is 2. The summed E-state index contributed by atoms with van der Waals surface area (Å²) < 4.78 is 19.5. The van der Waals surface area contributed by atoms with Gasteiger partial charge in [0.1, 0.15) is 6.23 Å². The third-order valence-corrected chi connectivity index (χ3v) is 3.91. The second-order valence-corrected chi connectivity index (χ2v) is 6.44. The van der Waals surface area contributed by atoms with E-state index in [1.165, 1.54) is 6.42 Å². The lowest BCUT2D eigenvalue weighted by molar-refractivity contribution is -0.0395. The summed E-state index contributed by atoms with van der Waals surface area (Å²) in [4.78, 5) is 0. The van der Waals surface area contributed by atoms with E-state index in [0.29, 0.717) is 0 Å². The number of hydrogen-bond donors (Lipinski definition) is 0. The number of hydrogen-bond acceptors (Lipinski definition) is 4. The van der Waals surface area contributed by atoms with Crippen LogP contribution in [0, 0.1) is 0 Å². The lowest BCUT2D eigenvalue weighted by Crippen LogP contribution is -2.51. The fourth-order valence-corrected chi connectivity index (χ4v) is 3.03. The maximum atomic E-state index is 6.01. The van der Waals surface area contributed by atoms with Crippen LogP contribution in [-0.2, 0) is 14.0 Å². The third kappa shape index (κ3) is 3.08. The summed E-state index contributed by atoms with van der Waals surface area (Å²) in [7, 11) is -0.328. The Morgan fingerprint density at radius 1 is 1.40 bits per heavy atom. The molecule has 0 amide bonds. The summed E-state index contributed by atoms with van der Waals surface area (Å²) in [6.45, 7) is 7.12. The molecule has 1 aromatic rings. The van der Waals surface area contributed by atoms with Crippen LogP contribution in [0.2, 0.25) is 0 Å². The standard InChI is InChI=1S/C14H23BN2O3/c1-11-8-14(2,3)20-15(19-11)12-9-16-17(10-12)13-6-4-5-7-18-13/h9-11,13H,4-8H2,1-3H3/t11-,13+/m1/s1. The summed E-state index contributed by atoms with van der Waals surface area (Å²) in [5, 5.41) is 4.42. The van der Waals surface area contributed by atoms with Crippen molar-refractivity contribution in [3.8, 4) is 0 Å². The van der Waals surface area contributed by atoms with Crippen LogP contribution in [0.3, 0.4) is 0 Å². The van der Waals surface area contributed by atoms with Gasteiger partial charge in [0.25, 0.3) is 0 Å². The molecule has 0 saturated carbocycles. The second-order valence-electron chi connectivity index (χ2n) is 6.44. The van der Waals surface area contributed by atoms with E-state index in [2.05, 4.69) is 25.9 Å². The summed E-state index contributed by atoms with van der Waals surface area (Å²) >= 11 is 0. The molecule has 3 heterocycles. The van der Waals surface area contributed by atoms with Crippen molar-refractivity contribution < 1.29 is 14.0 Å². The van der Waals surface area contributed by atoms with E-state index in [1.807, 2.05) is 17.1 Å². The van der Waals surface area contributed by atoms with Gasteiger partial charge in [0.2, 0.25) is 0 Å². The molecule has 110 valence electrons. The van der Waals surface area contributed by atoms with Gasteiger partial charge in [-0.05, 0) is 46.5 Å². The van der Waals surface area contributed by atoms with Gasteiger partial charge in [0, 0.05) is 30.6 Å². The van der Waals surface area contributed by atoms with Crippen molar-refractivity contribution in [2.24, 2.45) is 0 Å². The summed E-state index contributed by atoms with van der Waals surface area (Å²) in [6.07, 6.45) is 8.35. The van der Waals surface area contributed by atoms with Crippen LogP contribution in [0.15, 0.2) is 12.4 Å². The van der Waals surface area contributed by atoms with E-state index >= 15 is 0 Å². The minimum absolute atomic E-state index is 0.0616. The molecule has 2 fully saturated rings. The van der Waals surface area contributed by atoms with E-state index in [0.717, 1.165) is 31.3 Å². The summed E-state index contributed by atoms with van der Waals surface area (Å²) in [6, 6.07) is 0. The monoisotopic (exact) mass is 278 g/mol. The number of rotatable bonds is 2. The van der Waals surface area contributed by atoms with Gasteiger partial charge in [-0.2, -0.15) is 5.10 Å². The molecule has 2 saturated heterocycles. The van der Waals surface area contributed by atoms with Crippen LogP contribution in [0.1, 0.15) is 52.7 Å². The molecule has 0 aromatic carbocycles. The molecule has 20 heavy (non-hydrogen) atoms. The quantitative estimate of drug-likeness (QED) is 0.775. The second kappa shape index (κ2) is 5.50. The summed E-state index contributed by atoms with van der Waals surface area (Å²) in [5.41, 5.74) is 0.810. The van der Waals surface area contributed by atoms with Gasteiger partial charge in [-0.1, -0.05) is 0 Å². The highest BCUT2D eigenvalue weighted by Gasteiger charge is 2.39. The molecule has 2 aliphatic heterocycles. The number of ether oxygens (including phenoxy) is 1. The molecule has 0 bridgehead atoms. The highest BCUT2D eigenvalue weighted by molar-refractivity contribution is 6.61. The molecule has 3 rings (SSSR count). The van der Waals surface area contributed by atoms with Crippen LogP contribution in [0.4, 0.5) is 0 Å². The molecule has 0 radical (unpaired) electrons. The fourth-order valence-electron chi connectivity index (χ4n) is 3.03. The lowest BCUT2D eigenvalue weighted by Gasteiger charge is -2.37. The molecule has 0 aliphatic carbocycles. The lowest BCUT2D eigenvalue weighted by atomic mass is 9.77. The van der Waals surface area contributed by atoms with Crippen LogP contribution in [-0.4, -0.2) is 35.2 Å². The van der Waals surface area contributed by atoms with Gasteiger partial charge in [-0.25, -0.2) is 4.68 Å². The Balaban J connectivity index is 1.72. The van der Waals surface area contributed by atoms with Gasteiger partial charge in [0.05, 0.1) is 5.60 Å². The van der Waals surface area contributed by atoms with Crippen molar-refractivity contribution in [3.63, 3.8) is 0 Å². The largest absolute Gasteiger partial charge is 0.497 e. The highest BCUT2D eigenvalue weighted by Crippen LogP contribution is 2.26. The first-order valence-corrected chi connectivity index (χ1v) is 7.52. The van der Waals surface area contributed by atoms with Gasteiger partial charge in [-0.3, -0.25) is 0 Å². The minimum Gasteiger partial charge on any atom is -0.405 e. The Kier molecular flexibility index (Phi) is 3.88. The predicted molar refractivity (Wildman–Crippen MR) is 76.8 cm³/mol. The van der Waals surface area contributed by atoms with Crippen molar-refractivity contribution in [2.45, 2.75) is 64.4 Å². The predicted octanol–water partition coefficient (Wildman–Crippen LogP) is 1.88. The van der Waals surface area contributed by atoms with Crippen molar-refractivity contribution >= 4 is 12.6 Å². The summed E-state index contributed by atoms with van der Waals surface area (Å²) in [5.74, 6) is 0. The zero-order valence-corrected chi connectivity index (χ0v) is 12.5. The Labute approximate surface area is 120 Å². The third-order valence-electron chi connectivity index (χ3n) is 3.91. The average molecular weight is 278 g/mol. The smallest absolute Gasteiger partial charge is 0.405 e. The van der Waals surface area contributed by atoms with Crippen LogP contribution < -0.4 is 5.46 Å². The van der Waals surface area contributed by atoms with E-state index in [-0.39, 0.29) is 25.1 Å². The van der Waals surface area contributed by atoms with Crippen LogP contribution >= 0.6 is 0 Å². The first-order valence-electron chi connectivity index (χ1n) is 7.52. The molecule has 2 aliphatic rings. The zero-order valence-electron chi connectivity index (χ0n) is 12.5. The van der Waals surface area contributed by atoms with Crippen molar-refractivity contribution in [1.29, 1.82) is 0 Å². The first kappa shape index (κ1) is 14.1. The van der Waals surface area contributed by atoms with E-state index in [4.69, 9.17) is 14.0 Å². The molecule has 0 spiro atoms. The maximum absolute atomic E-state index is 6.01. The first-order chi connectivity index (χ1) is 9.53. The van der Waals surface area contributed by atoms with Crippen LogP contribution in [0.25, 0.3) is 0 Å². The zero-order chi connectivity index (χ0) is 14.2. The van der Waals surface area contributed by atoms with Gasteiger partial charge < -0.3 is 14.0 Å². The van der Waals surface area contributed by atoms with E-state index in [1.54, 1.807) is 0 Å². The molecule has 0 N–H and O–H groups in total. The topological polar surface area (TPSA) is 45.5 Å². The molecule has 5 nitrogen and oxygen atoms in total. The maximum Gasteiger partial charge on any atom is 0.497 e. The molecule has 6 heteroatoms. The Morgan fingerprint density at radius 3 is 2.95 bits per heavy atom. The minimum atomic E-state index is -0.328. The molecular formula is C14H23BN2O3. The van der Waals surface area contributed by atoms with Crippen molar-refractivity contribution in [1.82, 2.24) is 9.78 Å². The Morgan fingerprint density at radius 2 is 2.25 bits per heavy atom. The van der Waals surface area contributed by atoms with Gasteiger partial charge >= 0.3 is 7.12 Å². The molecule has 2 atom stereocenters. The SMILES string of the molecule is C[C@@H]1CC(C)(C)OB(c2cnn([C@@H]3CCCCO3)c2)O1. The molecule has 0 unspecified atom stereocenters. The highest BCUT2D eigenvalue weighted by atomic mass is 16.6. The normalized spacial score (nSPS) is 30.4. The fraction of sp³-hybridized carbons (Fsp3) is 0.786. The molecular weight excluding hydrogens is 255 g/mol. The van der Waals surface area contributed by atoms with Crippen molar-refractivity contribution in [3.05, 3.63) is 12.4 Å². The van der Waals surface area contributed by atoms with Gasteiger partial charge in [0.15, 0.2) is 0 Å². The van der Waals surface area contributed by atoms with Crippen LogP contribution in [0.5, 0.6) is 0 Å². The number of aromatic nitrogens is 2. The Bertz CT molecular complexity index is 457.